The lowest BCUT2D eigenvalue weighted by Gasteiger charge is -2.24. The number of rotatable bonds is 4. The average Bonchev–Trinajstić information content (AvgIpc) is 2.19. The first-order chi connectivity index (χ1) is 6.23. The first-order valence-electron chi connectivity index (χ1n) is 4.18. The zero-order valence-corrected chi connectivity index (χ0v) is 8.17. The van der Waals surface area contributed by atoms with Gasteiger partial charge in [0.1, 0.15) is 5.60 Å². The third-order valence-corrected chi connectivity index (χ3v) is 2.46. The summed E-state index contributed by atoms with van der Waals surface area (Å²) >= 11 is 5.72. The van der Waals surface area contributed by atoms with Crippen molar-refractivity contribution in [3.05, 3.63) is 48.6 Å². The third kappa shape index (κ3) is 2.33. The highest BCUT2D eigenvalue weighted by molar-refractivity contribution is 6.18. The first-order valence-corrected chi connectivity index (χ1v) is 4.71. The van der Waals surface area contributed by atoms with Gasteiger partial charge in [-0.25, -0.2) is 0 Å². The van der Waals surface area contributed by atoms with E-state index in [2.05, 4.69) is 6.58 Å². The van der Waals surface area contributed by atoms with Crippen molar-refractivity contribution in [1.29, 1.82) is 0 Å². The molecule has 0 heterocycles. The molecule has 1 rings (SSSR count). The molecule has 0 unspecified atom stereocenters. The zero-order chi connectivity index (χ0) is 9.73. The van der Waals surface area contributed by atoms with E-state index in [4.69, 9.17) is 11.6 Å². The fraction of sp³-hybridized carbons (Fsp3) is 0.273. The molecule has 0 aromatic heterocycles. The molecule has 1 aromatic carbocycles. The van der Waals surface area contributed by atoms with E-state index in [-0.39, 0.29) is 5.88 Å². The molecule has 0 fully saturated rings. The van der Waals surface area contributed by atoms with E-state index >= 15 is 0 Å². The maximum atomic E-state index is 10.1. The van der Waals surface area contributed by atoms with Gasteiger partial charge in [-0.1, -0.05) is 36.4 Å². The van der Waals surface area contributed by atoms with E-state index in [0.29, 0.717) is 6.42 Å². The molecule has 0 aliphatic rings. The largest absolute Gasteiger partial charge is 0.384 e. The summed E-state index contributed by atoms with van der Waals surface area (Å²) in [5.74, 6) is 0.184. The van der Waals surface area contributed by atoms with Crippen molar-refractivity contribution in [3.8, 4) is 0 Å². The SMILES string of the molecule is C=CC[C@](O)(CCl)c1ccccc1. The molecule has 0 spiro atoms. The van der Waals surface area contributed by atoms with Gasteiger partial charge in [0.25, 0.3) is 0 Å². The predicted molar refractivity (Wildman–Crippen MR) is 55.9 cm³/mol. The molecule has 0 aliphatic carbocycles. The quantitative estimate of drug-likeness (QED) is 0.580. The Morgan fingerprint density at radius 2 is 2.00 bits per heavy atom. The van der Waals surface area contributed by atoms with Gasteiger partial charge < -0.3 is 5.11 Å². The summed E-state index contributed by atoms with van der Waals surface area (Å²) in [5.41, 5.74) is -0.130. The molecule has 1 N–H and O–H groups in total. The molecule has 1 nitrogen and oxygen atoms in total. The Balaban J connectivity index is 2.95. The molecular weight excluding hydrogens is 184 g/mol. The smallest absolute Gasteiger partial charge is 0.106 e. The average molecular weight is 197 g/mol. The molecule has 2 heteroatoms. The molecule has 70 valence electrons. The van der Waals surface area contributed by atoms with Crippen LogP contribution in [0.1, 0.15) is 12.0 Å². The fourth-order valence-electron chi connectivity index (χ4n) is 1.24. The highest BCUT2D eigenvalue weighted by atomic mass is 35.5. The van der Waals surface area contributed by atoms with Crippen LogP contribution in [-0.2, 0) is 5.60 Å². The van der Waals surface area contributed by atoms with Gasteiger partial charge in [-0.2, -0.15) is 0 Å². The lowest BCUT2D eigenvalue weighted by Crippen LogP contribution is -2.26. The summed E-state index contributed by atoms with van der Waals surface area (Å²) in [4.78, 5) is 0. The molecule has 0 amide bonds. The highest BCUT2D eigenvalue weighted by Crippen LogP contribution is 2.26. The van der Waals surface area contributed by atoms with Crippen LogP contribution in [-0.4, -0.2) is 11.0 Å². The number of alkyl halides is 1. The Morgan fingerprint density at radius 1 is 1.38 bits per heavy atom. The van der Waals surface area contributed by atoms with Gasteiger partial charge in [0.15, 0.2) is 0 Å². The summed E-state index contributed by atoms with van der Waals surface area (Å²) in [6.45, 7) is 3.60. The van der Waals surface area contributed by atoms with Gasteiger partial charge in [0, 0.05) is 0 Å². The maximum absolute atomic E-state index is 10.1. The van der Waals surface area contributed by atoms with Crippen LogP contribution in [0, 0.1) is 0 Å². The predicted octanol–water partition coefficient (Wildman–Crippen LogP) is 2.69. The minimum Gasteiger partial charge on any atom is -0.384 e. The number of benzene rings is 1. The Hall–Kier alpha value is -0.790. The molecule has 1 aromatic rings. The summed E-state index contributed by atoms with van der Waals surface area (Å²) in [6.07, 6.45) is 2.15. The summed E-state index contributed by atoms with van der Waals surface area (Å²) in [6, 6.07) is 9.41. The number of halogens is 1. The normalized spacial score (nSPS) is 14.9. The second-order valence-electron chi connectivity index (χ2n) is 3.02. The number of hydrogen-bond acceptors (Lipinski definition) is 1. The van der Waals surface area contributed by atoms with Crippen molar-refractivity contribution >= 4 is 11.6 Å². The second kappa shape index (κ2) is 4.45. The minimum absolute atomic E-state index is 0.184. The van der Waals surface area contributed by atoms with E-state index in [1.807, 2.05) is 30.3 Å². The standard InChI is InChI=1S/C11H13ClO/c1-2-8-11(13,9-12)10-6-4-3-5-7-10/h2-7,13H,1,8-9H2/t11-/m0/s1. The highest BCUT2D eigenvalue weighted by Gasteiger charge is 2.25. The Labute approximate surface area is 83.7 Å². The summed E-state index contributed by atoms with van der Waals surface area (Å²) in [7, 11) is 0. The van der Waals surface area contributed by atoms with Crippen LogP contribution in [0.5, 0.6) is 0 Å². The van der Waals surface area contributed by atoms with Gasteiger partial charge >= 0.3 is 0 Å². The second-order valence-corrected chi connectivity index (χ2v) is 3.29. The molecule has 0 saturated carbocycles. The van der Waals surface area contributed by atoms with Crippen molar-refractivity contribution in [2.75, 3.05) is 5.88 Å². The van der Waals surface area contributed by atoms with Gasteiger partial charge in [-0.15, -0.1) is 18.2 Å². The molecule has 0 saturated heterocycles. The van der Waals surface area contributed by atoms with Crippen molar-refractivity contribution in [3.63, 3.8) is 0 Å². The monoisotopic (exact) mass is 196 g/mol. The van der Waals surface area contributed by atoms with Crippen molar-refractivity contribution < 1.29 is 5.11 Å². The van der Waals surface area contributed by atoms with Crippen LogP contribution in [0.15, 0.2) is 43.0 Å². The Bertz CT molecular complexity index is 271. The summed E-state index contributed by atoms with van der Waals surface area (Å²) in [5, 5.41) is 10.1. The van der Waals surface area contributed by atoms with Gasteiger partial charge in [0.2, 0.25) is 0 Å². The topological polar surface area (TPSA) is 20.2 Å². The molecule has 0 aliphatic heterocycles. The van der Waals surface area contributed by atoms with Gasteiger partial charge in [-0.05, 0) is 12.0 Å². The molecular formula is C11H13ClO. The van der Waals surface area contributed by atoms with E-state index in [0.717, 1.165) is 5.56 Å². The van der Waals surface area contributed by atoms with Crippen LogP contribution in [0.3, 0.4) is 0 Å². The van der Waals surface area contributed by atoms with Crippen LogP contribution in [0.2, 0.25) is 0 Å². The summed E-state index contributed by atoms with van der Waals surface area (Å²) < 4.78 is 0. The molecule has 13 heavy (non-hydrogen) atoms. The lowest BCUT2D eigenvalue weighted by molar-refractivity contribution is 0.0645. The fourth-order valence-corrected chi connectivity index (χ4v) is 1.50. The number of aliphatic hydroxyl groups is 1. The van der Waals surface area contributed by atoms with Crippen LogP contribution < -0.4 is 0 Å². The van der Waals surface area contributed by atoms with Crippen molar-refractivity contribution in [2.45, 2.75) is 12.0 Å². The van der Waals surface area contributed by atoms with Crippen LogP contribution >= 0.6 is 11.6 Å². The molecule has 0 radical (unpaired) electrons. The number of hydrogen-bond donors (Lipinski definition) is 1. The van der Waals surface area contributed by atoms with E-state index in [1.165, 1.54) is 0 Å². The zero-order valence-electron chi connectivity index (χ0n) is 7.41. The molecule has 0 bridgehead atoms. The van der Waals surface area contributed by atoms with Crippen LogP contribution in [0.25, 0.3) is 0 Å². The van der Waals surface area contributed by atoms with Crippen molar-refractivity contribution in [2.24, 2.45) is 0 Å². The molecule has 1 atom stereocenters. The van der Waals surface area contributed by atoms with E-state index in [9.17, 15) is 5.11 Å². The third-order valence-electron chi connectivity index (χ3n) is 2.01. The Morgan fingerprint density at radius 3 is 2.46 bits per heavy atom. The van der Waals surface area contributed by atoms with Gasteiger partial charge in [-0.3, -0.25) is 0 Å². The minimum atomic E-state index is -0.968. The lowest BCUT2D eigenvalue weighted by atomic mass is 9.92. The van der Waals surface area contributed by atoms with E-state index in [1.54, 1.807) is 6.08 Å². The van der Waals surface area contributed by atoms with Gasteiger partial charge in [0.05, 0.1) is 5.88 Å². The van der Waals surface area contributed by atoms with Crippen LogP contribution in [0.4, 0.5) is 0 Å². The maximum Gasteiger partial charge on any atom is 0.106 e. The van der Waals surface area contributed by atoms with E-state index < -0.39 is 5.60 Å². The first kappa shape index (κ1) is 10.3. The van der Waals surface area contributed by atoms with Crippen molar-refractivity contribution in [1.82, 2.24) is 0 Å². The Kier molecular flexibility index (Phi) is 3.52.